The van der Waals surface area contributed by atoms with Gasteiger partial charge in [-0.15, -0.1) is 0 Å². The molecule has 2 N–H and O–H groups in total. The number of anilines is 1. The van der Waals surface area contributed by atoms with Crippen LogP contribution >= 0.6 is 11.6 Å². The molecule has 0 atom stereocenters. The molecule has 0 saturated heterocycles. The minimum absolute atomic E-state index is 0.237. The number of fused-ring (bicyclic) bond motifs is 1. The molecule has 9 heteroatoms. The summed E-state index contributed by atoms with van der Waals surface area (Å²) in [5, 5.41) is 8.49. The third-order valence-corrected chi connectivity index (χ3v) is 5.45. The molecule has 0 spiro atoms. The molecule has 186 valence electrons. The number of carbonyl (C=O) groups is 3. The zero-order valence-electron chi connectivity index (χ0n) is 19.7. The first-order valence-corrected chi connectivity index (χ1v) is 11.7. The molecule has 37 heavy (non-hydrogen) atoms. The van der Waals surface area contributed by atoms with Gasteiger partial charge in [-0.3, -0.25) is 9.59 Å². The number of nitrogens with zero attached hydrogens (tertiary/aromatic N) is 1. The maximum absolute atomic E-state index is 12.8. The second-order valence-corrected chi connectivity index (χ2v) is 8.14. The molecule has 0 radical (unpaired) electrons. The van der Waals surface area contributed by atoms with Gasteiger partial charge >= 0.3 is 17.8 Å². The molecule has 4 aromatic rings. The maximum atomic E-state index is 12.8. The van der Waals surface area contributed by atoms with E-state index in [0.717, 1.165) is 10.8 Å². The number of nitrogens with one attached hydrogen (secondary N) is 2. The van der Waals surface area contributed by atoms with E-state index in [2.05, 4.69) is 15.8 Å². The van der Waals surface area contributed by atoms with Gasteiger partial charge in [0.25, 0.3) is 0 Å². The Labute approximate surface area is 217 Å². The summed E-state index contributed by atoms with van der Waals surface area (Å²) < 4.78 is 11.1. The van der Waals surface area contributed by atoms with Gasteiger partial charge < -0.3 is 14.8 Å². The molecule has 0 aliphatic carbocycles. The minimum Gasteiger partial charge on any atom is -0.494 e. The Bertz CT molecular complexity index is 1470. The molecule has 0 heterocycles. The van der Waals surface area contributed by atoms with Crippen molar-refractivity contribution in [1.82, 2.24) is 5.43 Å². The number of rotatable bonds is 7. The number of ether oxygens (including phenoxy) is 2. The van der Waals surface area contributed by atoms with Crippen molar-refractivity contribution in [3.63, 3.8) is 0 Å². The van der Waals surface area contributed by atoms with Crippen molar-refractivity contribution in [3.05, 3.63) is 101 Å². The van der Waals surface area contributed by atoms with Crippen LogP contribution in [-0.2, 0) is 9.59 Å². The average Bonchev–Trinajstić information content (AvgIpc) is 2.91. The lowest BCUT2D eigenvalue weighted by Gasteiger charge is -2.11. The van der Waals surface area contributed by atoms with Crippen molar-refractivity contribution in [1.29, 1.82) is 0 Å². The molecule has 2 amide bonds. The standard InChI is InChI=1S/C28H22ClN3O5/c1-2-36-22-14-7-19(8-15-22)28(35)37-25-16-9-18-5-3-4-6-23(18)24(25)17-30-32-27(34)26(33)31-21-12-10-20(29)11-13-21/h3-17H,2H2,1H3,(H,31,33)(H,32,34)/b30-17-. The summed E-state index contributed by atoms with van der Waals surface area (Å²) in [5.41, 5.74) is 3.40. The third-order valence-electron chi connectivity index (χ3n) is 5.20. The van der Waals surface area contributed by atoms with Crippen LogP contribution in [-0.4, -0.2) is 30.6 Å². The van der Waals surface area contributed by atoms with Crippen molar-refractivity contribution in [2.24, 2.45) is 5.10 Å². The first-order valence-electron chi connectivity index (χ1n) is 11.3. The van der Waals surface area contributed by atoms with Crippen molar-refractivity contribution in [2.75, 3.05) is 11.9 Å². The largest absolute Gasteiger partial charge is 0.494 e. The van der Waals surface area contributed by atoms with E-state index in [9.17, 15) is 14.4 Å². The maximum Gasteiger partial charge on any atom is 0.343 e. The Morgan fingerprint density at radius 3 is 2.35 bits per heavy atom. The number of benzene rings is 4. The quantitative estimate of drug-likeness (QED) is 0.116. The van der Waals surface area contributed by atoms with Gasteiger partial charge in [0.15, 0.2) is 0 Å². The van der Waals surface area contributed by atoms with Crippen molar-refractivity contribution in [2.45, 2.75) is 6.92 Å². The van der Waals surface area contributed by atoms with E-state index >= 15 is 0 Å². The molecule has 0 saturated carbocycles. The lowest BCUT2D eigenvalue weighted by atomic mass is 10.0. The van der Waals surface area contributed by atoms with Crippen LogP contribution in [0.25, 0.3) is 10.8 Å². The Balaban J connectivity index is 1.51. The summed E-state index contributed by atoms with van der Waals surface area (Å²) in [4.78, 5) is 37.2. The van der Waals surface area contributed by atoms with E-state index in [1.807, 2.05) is 37.3 Å². The molecular formula is C28H22ClN3O5. The van der Waals surface area contributed by atoms with Crippen LogP contribution in [0.3, 0.4) is 0 Å². The lowest BCUT2D eigenvalue weighted by Crippen LogP contribution is -2.32. The summed E-state index contributed by atoms with van der Waals surface area (Å²) in [7, 11) is 0. The second kappa shape index (κ2) is 11.8. The van der Waals surface area contributed by atoms with Crippen LogP contribution in [0.15, 0.2) is 90.0 Å². The average molecular weight is 516 g/mol. The summed E-state index contributed by atoms with van der Waals surface area (Å²) in [5.74, 6) is -1.56. The van der Waals surface area contributed by atoms with E-state index in [4.69, 9.17) is 21.1 Å². The molecule has 4 aromatic carbocycles. The van der Waals surface area contributed by atoms with Gasteiger partial charge in [0.1, 0.15) is 11.5 Å². The Morgan fingerprint density at radius 2 is 1.62 bits per heavy atom. The summed E-state index contributed by atoms with van der Waals surface area (Å²) in [6.45, 7) is 2.39. The van der Waals surface area contributed by atoms with Crippen LogP contribution < -0.4 is 20.2 Å². The summed E-state index contributed by atoms with van der Waals surface area (Å²) >= 11 is 5.83. The SMILES string of the molecule is CCOc1ccc(C(=O)Oc2ccc3ccccc3c2/C=N\NC(=O)C(=O)Nc2ccc(Cl)cc2)cc1. The highest BCUT2D eigenvalue weighted by Crippen LogP contribution is 2.27. The van der Waals surface area contributed by atoms with Crippen LogP contribution in [0, 0.1) is 0 Å². The van der Waals surface area contributed by atoms with Gasteiger partial charge in [-0.1, -0.05) is 41.9 Å². The molecule has 4 rings (SSSR count). The number of hydrogen-bond acceptors (Lipinski definition) is 6. The lowest BCUT2D eigenvalue weighted by molar-refractivity contribution is -0.136. The molecule has 0 aromatic heterocycles. The molecule has 8 nitrogen and oxygen atoms in total. The highest BCUT2D eigenvalue weighted by molar-refractivity contribution is 6.39. The molecule has 0 bridgehead atoms. The van der Waals surface area contributed by atoms with Crippen LogP contribution in [0.2, 0.25) is 5.02 Å². The van der Waals surface area contributed by atoms with Crippen LogP contribution in [0.5, 0.6) is 11.5 Å². The Hall–Kier alpha value is -4.69. The smallest absolute Gasteiger partial charge is 0.343 e. The first-order chi connectivity index (χ1) is 17.9. The predicted octanol–water partition coefficient (Wildman–Crippen LogP) is 5.20. The van der Waals surface area contributed by atoms with Gasteiger partial charge in [-0.25, -0.2) is 10.2 Å². The zero-order valence-corrected chi connectivity index (χ0v) is 20.5. The minimum atomic E-state index is -0.973. The number of halogens is 1. The van der Waals surface area contributed by atoms with E-state index in [1.165, 1.54) is 6.21 Å². The number of hydrazone groups is 1. The van der Waals surface area contributed by atoms with Gasteiger partial charge in [-0.2, -0.15) is 5.10 Å². The monoisotopic (exact) mass is 515 g/mol. The number of carbonyl (C=O) groups excluding carboxylic acids is 3. The topological polar surface area (TPSA) is 106 Å². The molecular weight excluding hydrogens is 494 g/mol. The fourth-order valence-corrected chi connectivity index (χ4v) is 3.56. The Kier molecular flexibility index (Phi) is 8.12. The fourth-order valence-electron chi connectivity index (χ4n) is 3.44. The fraction of sp³-hybridized carbons (Fsp3) is 0.0714. The first kappa shape index (κ1) is 25.4. The zero-order chi connectivity index (χ0) is 26.2. The highest BCUT2D eigenvalue weighted by Gasteiger charge is 2.15. The van der Waals surface area contributed by atoms with E-state index in [1.54, 1.807) is 54.6 Å². The molecule has 0 aliphatic rings. The van der Waals surface area contributed by atoms with E-state index < -0.39 is 17.8 Å². The second-order valence-electron chi connectivity index (χ2n) is 7.71. The normalized spacial score (nSPS) is 10.8. The van der Waals surface area contributed by atoms with Crippen LogP contribution in [0.1, 0.15) is 22.8 Å². The van der Waals surface area contributed by atoms with Crippen molar-refractivity contribution in [3.8, 4) is 11.5 Å². The van der Waals surface area contributed by atoms with E-state index in [0.29, 0.717) is 34.2 Å². The summed E-state index contributed by atoms with van der Waals surface area (Å²) in [6, 6.07) is 23.8. The summed E-state index contributed by atoms with van der Waals surface area (Å²) in [6.07, 6.45) is 1.33. The highest BCUT2D eigenvalue weighted by atomic mass is 35.5. The van der Waals surface area contributed by atoms with Gasteiger partial charge in [0, 0.05) is 16.3 Å². The molecule has 0 fully saturated rings. The number of amides is 2. The third kappa shape index (κ3) is 6.50. The van der Waals surface area contributed by atoms with Crippen molar-refractivity contribution < 1.29 is 23.9 Å². The van der Waals surface area contributed by atoms with Gasteiger partial charge in [0.05, 0.1) is 18.4 Å². The molecule has 0 aliphatic heterocycles. The van der Waals surface area contributed by atoms with Crippen LogP contribution in [0.4, 0.5) is 5.69 Å². The van der Waals surface area contributed by atoms with Crippen molar-refractivity contribution >= 4 is 52.1 Å². The number of esters is 1. The molecule has 0 unspecified atom stereocenters. The Morgan fingerprint density at radius 1 is 0.892 bits per heavy atom. The number of hydrogen-bond donors (Lipinski definition) is 2. The van der Waals surface area contributed by atoms with E-state index in [-0.39, 0.29) is 5.75 Å². The predicted molar refractivity (Wildman–Crippen MR) is 142 cm³/mol. The van der Waals surface area contributed by atoms with Gasteiger partial charge in [-0.05, 0) is 72.3 Å². The van der Waals surface area contributed by atoms with Gasteiger partial charge in [0.2, 0.25) is 0 Å².